The van der Waals surface area contributed by atoms with Crippen molar-refractivity contribution in [1.29, 1.82) is 0 Å². The highest BCUT2D eigenvalue weighted by molar-refractivity contribution is 5.36. The van der Waals surface area contributed by atoms with Gasteiger partial charge in [-0.25, -0.2) is 0 Å². The van der Waals surface area contributed by atoms with Crippen molar-refractivity contribution in [2.75, 3.05) is 11.9 Å². The minimum atomic E-state index is 0.399. The summed E-state index contributed by atoms with van der Waals surface area (Å²) in [6.45, 7) is 4.84. The predicted octanol–water partition coefficient (Wildman–Crippen LogP) is 1.32. The lowest BCUT2D eigenvalue weighted by Gasteiger charge is -2.16. The molecule has 1 rings (SSSR count). The Morgan fingerprint density at radius 3 is 2.93 bits per heavy atom. The molecule has 1 unspecified atom stereocenters. The van der Waals surface area contributed by atoms with Crippen molar-refractivity contribution >= 4 is 5.82 Å². The van der Waals surface area contributed by atoms with Gasteiger partial charge in [0.05, 0.1) is 6.20 Å². The molecule has 0 amide bonds. The smallest absolute Gasteiger partial charge is 0.149 e. The highest BCUT2D eigenvalue weighted by atomic mass is 15.2. The van der Waals surface area contributed by atoms with Crippen molar-refractivity contribution in [3.05, 3.63) is 17.8 Å². The van der Waals surface area contributed by atoms with E-state index in [4.69, 9.17) is 5.73 Å². The molecule has 1 aromatic heterocycles. The highest BCUT2D eigenvalue weighted by Gasteiger charge is 2.05. The maximum atomic E-state index is 5.51. The van der Waals surface area contributed by atoms with Gasteiger partial charge in [0.15, 0.2) is 0 Å². The average molecular weight is 194 g/mol. The molecular formula is C10H18N4. The molecule has 0 aromatic carbocycles. The van der Waals surface area contributed by atoms with Crippen LogP contribution in [-0.4, -0.2) is 22.8 Å². The van der Waals surface area contributed by atoms with Crippen LogP contribution in [-0.2, 0) is 0 Å². The first-order valence-corrected chi connectivity index (χ1v) is 5.02. The molecule has 0 bridgehead atoms. The summed E-state index contributed by atoms with van der Waals surface area (Å²) in [5.41, 5.74) is 6.63. The summed E-state index contributed by atoms with van der Waals surface area (Å²) in [4.78, 5) is 0. The van der Waals surface area contributed by atoms with Gasteiger partial charge in [0.2, 0.25) is 0 Å². The van der Waals surface area contributed by atoms with E-state index in [1.54, 1.807) is 6.20 Å². The Kier molecular flexibility index (Phi) is 4.32. The minimum Gasteiger partial charge on any atom is -0.366 e. The first-order valence-electron chi connectivity index (χ1n) is 5.02. The monoisotopic (exact) mass is 194 g/mol. The van der Waals surface area contributed by atoms with Crippen molar-refractivity contribution in [3.63, 3.8) is 0 Å². The lowest BCUT2D eigenvalue weighted by molar-refractivity contribution is 0.638. The van der Waals surface area contributed by atoms with Crippen LogP contribution < -0.4 is 11.1 Å². The van der Waals surface area contributed by atoms with Gasteiger partial charge in [-0.05, 0) is 37.9 Å². The number of nitrogens with two attached hydrogens (primary N) is 1. The Morgan fingerprint density at radius 2 is 2.36 bits per heavy atom. The molecule has 4 heteroatoms. The third kappa shape index (κ3) is 3.30. The molecule has 78 valence electrons. The Labute approximate surface area is 84.9 Å². The Bertz CT molecular complexity index is 275. The third-order valence-corrected chi connectivity index (χ3v) is 2.15. The van der Waals surface area contributed by atoms with Crippen molar-refractivity contribution < 1.29 is 0 Å². The average Bonchev–Trinajstić information content (AvgIpc) is 2.17. The second-order valence-electron chi connectivity index (χ2n) is 3.45. The highest BCUT2D eigenvalue weighted by Crippen LogP contribution is 2.08. The van der Waals surface area contributed by atoms with Crippen molar-refractivity contribution in [2.24, 2.45) is 5.73 Å². The summed E-state index contributed by atoms with van der Waals surface area (Å²) >= 11 is 0. The van der Waals surface area contributed by atoms with E-state index in [9.17, 15) is 0 Å². The van der Waals surface area contributed by atoms with Crippen molar-refractivity contribution in [3.8, 4) is 0 Å². The topological polar surface area (TPSA) is 63.8 Å². The number of nitrogens with one attached hydrogen (secondary N) is 1. The lowest BCUT2D eigenvalue weighted by Crippen LogP contribution is -2.22. The van der Waals surface area contributed by atoms with E-state index in [2.05, 4.69) is 22.4 Å². The largest absolute Gasteiger partial charge is 0.366 e. The molecule has 1 heterocycles. The molecule has 0 aliphatic carbocycles. The van der Waals surface area contributed by atoms with Crippen LogP contribution in [0.2, 0.25) is 0 Å². The maximum Gasteiger partial charge on any atom is 0.149 e. The Hall–Kier alpha value is -1.16. The van der Waals surface area contributed by atoms with Gasteiger partial charge >= 0.3 is 0 Å². The zero-order valence-electron chi connectivity index (χ0n) is 8.83. The van der Waals surface area contributed by atoms with Crippen LogP contribution in [0.1, 0.15) is 25.3 Å². The zero-order valence-corrected chi connectivity index (χ0v) is 8.83. The normalized spacial score (nSPS) is 12.5. The summed E-state index contributed by atoms with van der Waals surface area (Å²) < 4.78 is 0. The summed E-state index contributed by atoms with van der Waals surface area (Å²) in [6.07, 6.45) is 3.76. The summed E-state index contributed by atoms with van der Waals surface area (Å²) in [7, 11) is 0. The molecule has 14 heavy (non-hydrogen) atoms. The van der Waals surface area contributed by atoms with Gasteiger partial charge in [-0.2, -0.15) is 5.10 Å². The van der Waals surface area contributed by atoms with Crippen molar-refractivity contribution in [2.45, 2.75) is 32.7 Å². The molecule has 0 radical (unpaired) electrons. The third-order valence-electron chi connectivity index (χ3n) is 2.15. The molecule has 3 N–H and O–H groups in total. The van der Waals surface area contributed by atoms with Gasteiger partial charge in [-0.1, -0.05) is 6.92 Å². The van der Waals surface area contributed by atoms with Crippen LogP contribution in [0.15, 0.2) is 12.3 Å². The van der Waals surface area contributed by atoms with Crippen molar-refractivity contribution in [1.82, 2.24) is 10.2 Å². The van der Waals surface area contributed by atoms with Gasteiger partial charge in [-0.3, -0.25) is 0 Å². The predicted molar refractivity (Wildman–Crippen MR) is 58.1 cm³/mol. The number of rotatable bonds is 5. The van der Waals surface area contributed by atoms with E-state index in [1.165, 1.54) is 0 Å². The quantitative estimate of drug-likeness (QED) is 0.742. The van der Waals surface area contributed by atoms with Crippen LogP contribution in [0.5, 0.6) is 0 Å². The molecule has 0 saturated heterocycles. The van der Waals surface area contributed by atoms with Crippen LogP contribution >= 0.6 is 0 Å². The number of nitrogens with zero attached hydrogens (tertiary/aromatic N) is 2. The number of aryl methyl sites for hydroxylation is 1. The summed E-state index contributed by atoms with van der Waals surface area (Å²) in [5, 5.41) is 11.2. The molecule has 0 aliphatic rings. The fourth-order valence-corrected chi connectivity index (χ4v) is 1.32. The van der Waals surface area contributed by atoms with Gasteiger partial charge in [0.1, 0.15) is 5.82 Å². The fraction of sp³-hybridized carbons (Fsp3) is 0.600. The van der Waals surface area contributed by atoms with Gasteiger partial charge in [0.25, 0.3) is 0 Å². The van der Waals surface area contributed by atoms with Gasteiger partial charge in [-0.15, -0.1) is 5.10 Å². The Morgan fingerprint density at radius 1 is 1.57 bits per heavy atom. The van der Waals surface area contributed by atoms with E-state index < -0.39 is 0 Å². The van der Waals surface area contributed by atoms with Gasteiger partial charge < -0.3 is 11.1 Å². The lowest BCUT2D eigenvalue weighted by atomic mass is 10.1. The molecule has 1 atom stereocenters. The van der Waals surface area contributed by atoms with E-state index >= 15 is 0 Å². The summed E-state index contributed by atoms with van der Waals surface area (Å²) in [6, 6.07) is 2.39. The Balaban J connectivity index is 2.57. The second kappa shape index (κ2) is 5.54. The first kappa shape index (κ1) is 10.9. The number of hydrogen-bond acceptors (Lipinski definition) is 4. The van der Waals surface area contributed by atoms with E-state index in [0.717, 1.165) is 24.2 Å². The zero-order chi connectivity index (χ0) is 10.4. The number of aromatic nitrogens is 2. The van der Waals surface area contributed by atoms with Crippen LogP contribution in [0.25, 0.3) is 0 Å². The second-order valence-corrected chi connectivity index (χ2v) is 3.45. The molecule has 0 aliphatic heterocycles. The first-order chi connectivity index (χ1) is 6.76. The molecule has 0 saturated carbocycles. The van der Waals surface area contributed by atoms with E-state index in [0.29, 0.717) is 12.6 Å². The fourth-order valence-electron chi connectivity index (χ4n) is 1.32. The van der Waals surface area contributed by atoms with Crippen LogP contribution in [0.4, 0.5) is 5.82 Å². The molecular weight excluding hydrogens is 176 g/mol. The van der Waals surface area contributed by atoms with Crippen LogP contribution in [0.3, 0.4) is 0 Å². The maximum absolute atomic E-state index is 5.51. The minimum absolute atomic E-state index is 0.399. The summed E-state index contributed by atoms with van der Waals surface area (Å²) in [5.74, 6) is 0.838. The van der Waals surface area contributed by atoms with Crippen LogP contribution in [0, 0.1) is 6.92 Å². The number of anilines is 1. The standard InChI is InChI=1S/C10H18N4/c1-3-9(4-5-11)13-10-6-8(2)7-12-14-10/h6-7,9H,3-5,11H2,1-2H3,(H,13,14). The molecule has 1 aromatic rings. The SMILES string of the molecule is CCC(CCN)Nc1cc(C)cnn1. The van der Waals surface area contributed by atoms with E-state index in [-0.39, 0.29) is 0 Å². The molecule has 0 spiro atoms. The molecule has 0 fully saturated rings. The van der Waals surface area contributed by atoms with E-state index in [1.807, 2.05) is 13.0 Å². The van der Waals surface area contributed by atoms with Gasteiger partial charge in [0, 0.05) is 6.04 Å². The molecule has 4 nitrogen and oxygen atoms in total. The number of hydrogen-bond donors (Lipinski definition) is 2.